The van der Waals surface area contributed by atoms with Crippen molar-refractivity contribution in [3.05, 3.63) is 36.4 Å². The summed E-state index contributed by atoms with van der Waals surface area (Å²) in [6.45, 7) is 1.86. The van der Waals surface area contributed by atoms with E-state index in [-0.39, 0.29) is 0 Å². The Kier molecular flexibility index (Phi) is 4.84. The van der Waals surface area contributed by atoms with Crippen molar-refractivity contribution in [2.45, 2.75) is 32.6 Å². The van der Waals surface area contributed by atoms with Gasteiger partial charge in [0, 0.05) is 12.4 Å². The molecule has 1 aromatic heterocycles. The lowest BCUT2D eigenvalue weighted by Gasteiger charge is -1.97. The molecule has 1 aromatic rings. The molecular formula is C11H16N2. The summed E-state index contributed by atoms with van der Waals surface area (Å²) in [5.74, 6) is 0.822. The molecule has 0 aliphatic heterocycles. The van der Waals surface area contributed by atoms with Crippen molar-refractivity contribution >= 4 is 0 Å². The molecule has 0 aromatic carbocycles. The highest BCUT2D eigenvalue weighted by Gasteiger charge is 1.87. The first kappa shape index (κ1) is 9.90. The van der Waals surface area contributed by atoms with E-state index in [0.29, 0.717) is 0 Å². The zero-order valence-electron chi connectivity index (χ0n) is 8.11. The molecule has 0 spiro atoms. The van der Waals surface area contributed by atoms with Crippen molar-refractivity contribution < 1.29 is 0 Å². The molecule has 2 rings (SSSR count). The van der Waals surface area contributed by atoms with Gasteiger partial charge < -0.3 is 0 Å². The van der Waals surface area contributed by atoms with E-state index in [1.807, 2.05) is 6.92 Å². The van der Waals surface area contributed by atoms with Crippen LogP contribution < -0.4 is 0 Å². The van der Waals surface area contributed by atoms with Crippen molar-refractivity contribution in [1.29, 1.82) is 0 Å². The number of rotatable bonds is 0. The molecule has 0 saturated carbocycles. The van der Waals surface area contributed by atoms with Crippen molar-refractivity contribution in [3.63, 3.8) is 0 Å². The molecule has 0 radical (unpaired) electrons. The van der Waals surface area contributed by atoms with E-state index < -0.39 is 0 Å². The summed E-state index contributed by atoms with van der Waals surface area (Å²) in [7, 11) is 0. The van der Waals surface area contributed by atoms with E-state index in [1.165, 1.54) is 25.7 Å². The van der Waals surface area contributed by atoms with Gasteiger partial charge in [0.1, 0.15) is 5.82 Å². The van der Waals surface area contributed by atoms with Crippen molar-refractivity contribution in [1.82, 2.24) is 9.97 Å². The number of aryl methyl sites for hydroxylation is 1. The van der Waals surface area contributed by atoms with Gasteiger partial charge >= 0.3 is 0 Å². The summed E-state index contributed by atoms with van der Waals surface area (Å²) < 4.78 is 0. The third kappa shape index (κ3) is 5.12. The molecule has 70 valence electrons. The first-order chi connectivity index (χ1) is 6.39. The van der Waals surface area contributed by atoms with Gasteiger partial charge in [-0.05, 0) is 38.7 Å². The third-order valence-corrected chi connectivity index (χ3v) is 1.85. The second-order valence-electron chi connectivity index (χ2n) is 3.05. The maximum absolute atomic E-state index is 3.87. The second kappa shape index (κ2) is 6.35. The molecule has 2 nitrogen and oxygen atoms in total. The van der Waals surface area contributed by atoms with Gasteiger partial charge in [-0.25, -0.2) is 9.97 Å². The highest BCUT2D eigenvalue weighted by Crippen LogP contribution is 2.07. The van der Waals surface area contributed by atoms with Crippen LogP contribution in [0.3, 0.4) is 0 Å². The molecule has 0 N–H and O–H groups in total. The Morgan fingerprint density at radius 1 is 1.00 bits per heavy atom. The zero-order chi connectivity index (χ0) is 9.36. The Hall–Kier alpha value is -1.18. The number of nitrogens with zero attached hydrogens (tertiary/aromatic N) is 2. The van der Waals surface area contributed by atoms with E-state index in [9.17, 15) is 0 Å². The Labute approximate surface area is 79.7 Å². The Bertz CT molecular complexity index is 234. The number of hydrogen-bond donors (Lipinski definition) is 0. The van der Waals surface area contributed by atoms with Crippen molar-refractivity contribution in [2.24, 2.45) is 0 Å². The van der Waals surface area contributed by atoms with Crippen molar-refractivity contribution in [3.8, 4) is 0 Å². The summed E-state index contributed by atoms with van der Waals surface area (Å²) in [6, 6.07) is 1.80. The Balaban J connectivity index is 0.000000132. The minimum Gasteiger partial charge on any atom is -0.242 e. The van der Waals surface area contributed by atoms with Gasteiger partial charge in [-0.3, -0.25) is 0 Å². The van der Waals surface area contributed by atoms with E-state index in [1.54, 1.807) is 18.5 Å². The molecule has 0 amide bonds. The summed E-state index contributed by atoms with van der Waals surface area (Å²) in [6.07, 6.45) is 13.4. The fourth-order valence-electron chi connectivity index (χ4n) is 1.13. The quantitative estimate of drug-likeness (QED) is 0.568. The molecule has 0 atom stereocenters. The maximum atomic E-state index is 3.87. The topological polar surface area (TPSA) is 25.8 Å². The van der Waals surface area contributed by atoms with Crippen molar-refractivity contribution in [2.75, 3.05) is 0 Å². The summed E-state index contributed by atoms with van der Waals surface area (Å²) >= 11 is 0. The van der Waals surface area contributed by atoms with Crippen LogP contribution in [-0.2, 0) is 0 Å². The molecule has 0 fully saturated rings. The lowest BCUT2D eigenvalue weighted by atomic mass is 10.1. The lowest BCUT2D eigenvalue weighted by Crippen LogP contribution is -1.80. The largest absolute Gasteiger partial charge is 0.242 e. The zero-order valence-corrected chi connectivity index (χ0v) is 8.11. The minimum absolute atomic E-state index is 0.822. The monoisotopic (exact) mass is 176 g/mol. The smallest absolute Gasteiger partial charge is 0.125 e. The average molecular weight is 176 g/mol. The van der Waals surface area contributed by atoms with Gasteiger partial charge in [0.05, 0.1) is 0 Å². The number of allylic oxidation sites excluding steroid dienone is 2. The van der Waals surface area contributed by atoms with Gasteiger partial charge in [-0.15, -0.1) is 0 Å². The average Bonchev–Trinajstić information content (AvgIpc) is 2.22. The summed E-state index contributed by atoms with van der Waals surface area (Å²) in [5.41, 5.74) is 0. The van der Waals surface area contributed by atoms with Crippen LogP contribution in [0, 0.1) is 6.92 Å². The number of aromatic nitrogens is 2. The van der Waals surface area contributed by atoms with Gasteiger partial charge in [-0.1, -0.05) is 12.2 Å². The van der Waals surface area contributed by atoms with Gasteiger partial charge in [0.2, 0.25) is 0 Å². The lowest BCUT2D eigenvalue weighted by molar-refractivity contribution is 0.730. The van der Waals surface area contributed by atoms with E-state index >= 15 is 0 Å². The van der Waals surface area contributed by atoms with Crippen LogP contribution >= 0.6 is 0 Å². The highest BCUT2D eigenvalue weighted by atomic mass is 14.8. The molecule has 2 heteroatoms. The Morgan fingerprint density at radius 3 is 1.77 bits per heavy atom. The van der Waals surface area contributed by atoms with Crippen LogP contribution in [-0.4, -0.2) is 9.97 Å². The van der Waals surface area contributed by atoms with Gasteiger partial charge in [0.15, 0.2) is 0 Å². The maximum Gasteiger partial charge on any atom is 0.125 e. The molecule has 1 aliphatic carbocycles. The molecule has 0 unspecified atom stereocenters. The molecule has 0 bridgehead atoms. The van der Waals surface area contributed by atoms with Crippen LogP contribution in [0.15, 0.2) is 30.6 Å². The van der Waals surface area contributed by atoms with Crippen LogP contribution in [0.25, 0.3) is 0 Å². The predicted molar refractivity (Wildman–Crippen MR) is 54.4 cm³/mol. The van der Waals surface area contributed by atoms with Crippen LogP contribution in [0.2, 0.25) is 0 Å². The second-order valence-corrected chi connectivity index (χ2v) is 3.05. The fraction of sp³-hybridized carbons (Fsp3) is 0.455. The van der Waals surface area contributed by atoms with Gasteiger partial charge in [0.25, 0.3) is 0 Å². The molecule has 1 aliphatic rings. The predicted octanol–water partition coefficient (Wildman–Crippen LogP) is 2.90. The van der Waals surface area contributed by atoms with E-state index in [2.05, 4.69) is 22.1 Å². The highest BCUT2D eigenvalue weighted by molar-refractivity contribution is 4.85. The molecular weight excluding hydrogens is 160 g/mol. The SMILES string of the molecule is C1=CCCCC1.Cc1ncccn1. The first-order valence-corrected chi connectivity index (χ1v) is 4.78. The van der Waals surface area contributed by atoms with E-state index in [0.717, 1.165) is 5.82 Å². The number of hydrogen-bond acceptors (Lipinski definition) is 2. The fourth-order valence-corrected chi connectivity index (χ4v) is 1.13. The first-order valence-electron chi connectivity index (χ1n) is 4.78. The molecule has 0 saturated heterocycles. The van der Waals surface area contributed by atoms with Crippen LogP contribution in [0.5, 0.6) is 0 Å². The molecule has 13 heavy (non-hydrogen) atoms. The molecule has 1 heterocycles. The van der Waals surface area contributed by atoms with Crippen LogP contribution in [0.4, 0.5) is 0 Å². The summed E-state index contributed by atoms with van der Waals surface area (Å²) in [4.78, 5) is 7.74. The van der Waals surface area contributed by atoms with Gasteiger partial charge in [-0.2, -0.15) is 0 Å². The Morgan fingerprint density at radius 2 is 1.54 bits per heavy atom. The summed E-state index contributed by atoms with van der Waals surface area (Å²) in [5, 5.41) is 0. The minimum atomic E-state index is 0.822. The third-order valence-electron chi connectivity index (χ3n) is 1.85. The standard InChI is InChI=1S/C6H10.C5H6N2/c1-2-4-6-5-3-1;1-5-6-3-2-4-7-5/h1-2H,3-6H2;2-4H,1H3. The normalized spacial score (nSPS) is 14.5. The van der Waals surface area contributed by atoms with E-state index in [4.69, 9.17) is 0 Å². The van der Waals surface area contributed by atoms with Crippen LogP contribution in [0.1, 0.15) is 31.5 Å².